The highest BCUT2D eigenvalue weighted by Gasteiger charge is 2.12. The summed E-state index contributed by atoms with van der Waals surface area (Å²) in [4.78, 5) is 16.3. The molecule has 4 aromatic rings. The zero-order chi connectivity index (χ0) is 14.4. The van der Waals surface area contributed by atoms with E-state index in [0.717, 1.165) is 0 Å². The molecule has 6 nitrogen and oxygen atoms in total. The van der Waals surface area contributed by atoms with E-state index in [4.69, 9.17) is 14.6 Å². The van der Waals surface area contributed by atoms with Crippen molar-refractivity contribution >= 4 is 27.9 Å². The normalized spacial score (nSPS) is 11.4. The Morgan fingerprint density at radius 1 is 1.10 bits per heavy atom. The van der Waals surface area contributed by atoms with Gasteiger partial charge in [0.25, 0.3) is 0 Å². The quantitative estimate of drug-likeness (QED) is 0.570. The van der Waals surface area contributed by atoms with Crippen LogP contribution in [0.3, 0.4) is 0 Å². The first kappa shape index (κ1) is 11.8. The van der Waals surface area contributed by atoms with Crippen LogP contribution in [0, 0.1) is 0 Å². The van der Waals surface area contributed by atoms with Gasteiger partial charge in [0.1, 0.15) is 12.1 Å². The molecule has 6 heteroatoms. The van der Waals surface area contributed by atoms with Crippen molar-refractivity contribution in [1.82, 2.24) is 9.55 Å². The first-order chi connectivity index (χ1) is 10.2. The second-order valence-corrected chi connectivity index (χ2v) is 4.76. The molecule has 2 aromatic heterocycles. The molecular formula is C15H11N3O3. The molecule has 4 rings (SSSR count). The number of oxazole rings is 2. The van der Waals surface area contributed by atoms with Crippen LogP contribution in [-0.2, 0) is 6.54 Å². The van der Waals surface area contributed by atoms with Crippen LogP contribution in [0.1, 0.15) is 5.89 Å². The third kappa shape index (κ3) is 1.88. The van der Waals surface area contributed by atoms with E-state index in [1.165, 1.54) is 4.57 Å². The van der Waals surface area contributed by atoms with Crippen LogP contribution in [0.2, 0.25) is 0 Å². The average Bonchev–Trinajstić information content (AvgIpc) is 3.00. The first-order valence-corrected chi connectivity index (χ1v) is 6.44. The minimum absolute atomic E-state index is 0.213. The molecule has 2 N–H and O–H groups in total. The van der Waals surface area contributed by atoms with Crippen molar-refractivity contribution in [3.8, 4) is 0 Å². The van der Waals surface area contributed by atoms with Gasteiger partial charge in [0.15, 0.2) is 11.2 Å². The van der Waals surface area contributed by atoms with Crippen molar-refractivity contribution in [3.63, 3.8) is 0 Å². The molecule has 0 aliphatic carbocycles. The summed E-state index contributed by atoms with van der Waals surface area (Å²) in [6.45, 7) is 0.213. The van der Waals surface area contributed by atoms with Gasteiger partial charge in [-0.05, 0) is 24.3 Å². The van der Waals surface area contributed by atoms with Crippen LogP contribution < -0.4 is 11.5 Å². The maximum absolute atomic E-state index is 11.9. The second kappa shape index (κ2) is 4.24. The Morgan fingerprint density at radius 3 is 2.86 bits per heavy atom. The summed E-state index contributed by atoms with van der Waals surface area (Å²) < 4.78 is 12.3. The van der Waals surface area contributed by atoms with Crippen LogP contribution in [0.15, 0.2) is 56.1 Å². The second-order valence-electron chi connectivity index (χ2n) is 4.76. The van der Waals surface area contributed by atoms with E-state index >= 15 is 0 Å². The van der Waals surface area contributed by atoms with E-state index in [9.17, 15) is 4.79 Å². The van der Waals surface area contributed by atoms with Crippen molar-refractivity contribution in [2.45, 2.75) is 6.54 Å². The molecule has 2 heterocycles. The number of nitrogen functional groups attached to an aromatic ring is 1. The Kier molecular flexibility index (Phi) is 2.38. The summed E-state index contributed by atoms with van der Waals surface area (Å²) >= 11 is 0. The predicted octanol–water partition coefficient (Wildman–Crippen LogP) is 2.37. The zero-order valence-electron chi connectivity index (χ0n) is 10.9. The van der Waals surface area contributed by atoms with Crippen LogP contribution in [-0.4, -0.2) is 9.55 Å². The minimum atomic E-state index is -0.432. The number of anilines is 1. The van der Waals surface area contributed by atoms with Gasteiger partial charge < -0.3 is 14.6 Å². The topological polar surface area (TPSA) is 87.2 Å². The maximum Gasteiger partial charge on any atom is 0.420 e. The van der Waals surface area contributed by atoms with Gasteiger partial charge in [0.2, 0.25) is 5.89 Å². The Balaban J connectivity index is 1.82. The number of hydrogen-bond acceptors (Lipinski definition) is 5. The molecule has 21 heavy (non-hydrogen) atoms. The third-order valence-electron chi connectivity index (χ3n) is 3.32. The van der Waals surface area contributed by atoms with Gasteiger partial charge in [-0.3, -0.25) is 4.57 Å². The van der Waals surface area contributed by atoms with Gasteiger partial charge in [-0.15, -0.1) is 0 Å². The van der Waals surface area contributed by atoms with E-state index in [1.807, 2.05) is 18.2 Å². The molecule has 0 unspecified atom stereocenters. The maximum atomic E-state index is 11.9. The van der Waals surface area contributed by atoms with Crippen LogP contribution in [0.5, 0.6) is 0 Å². The smallest absolute Gasteiger partial charge is 0.420 e. The molecule has 0 amide bonds. The van der Waals surface area contributed by atoms with E-state index in [2.05, 4.69) is 4.98 Å². The molecule has 0 radical (unpaired) electrons. The molecule has 0 aliphatic rings. The lowest BCUT2D eigenvalue weighted by molar-refractivity contribution is 0.472. The van der Waals surface area contributed by atoms with Gasteiger partial charge in [-0.1, -0.05) is 12.1 Å². The first-order valence-electron chi connectivity index (χ1n) is 6.44. The Morgan fingerprint density at radius 2 is 1.95 bits per heavy atom. The number of hydrogen-bond donors (Lipinski definition) is 1. The third-order valence-corrected chi connectivity index (χ3v) is 3.32. The molecule has 0 atom stereocenters. The highest BCUT2D eigenvalue weighted by molar-refractivity contribution is 5.76. The lowest BCUT2D eigenvalue weighted by Crippen LogP contribution is -2.14. The van der Waals surface area contributed by atoms with E-state index < -0.39 is 5.76 Å². The predicted molar refractivity (Wildman–Crippen MR) is 78.0 cm³/mol. The number of nitrogens with two attached hydrogens (primary N) is 1. The van der Waals surface area contributed by atoms with Crippen LogP contribution in [0.4, 0.5) is 5.69 Å². The number of aromatic nitrogens is 2. The summed E-state index contributed by atoms with van der Waals surface area (Å²) in [6.07, 6.45) is 0. The molecule has 0 fully saturated rings. The van der Waals surface area contributed by atoms with Crippen molar-refractivity contribution in [3.05, 3.63) is 58.9 Å². The molecule has 104 valence electrons. The van der Waals surface area contributed by atoms with Crippen LogP contribution in [0.25, 0.3) is 22.2 Å². The zero-order valence-corrected chi connectivity index (χ0v) is 10.9. The molecule has 0 aliphatic heterocycles. The van der Waals surface area contributed by atoms with Gasteiger partial charge >= 0.3 is 5.76 Å². The lowest BCUT2D eigenvalue weighted by atomic mass is 10.3. The summed E-state index contributed by atoms with van der Waals surface area (Å²) in [7, 11) is 0. The highest BCUT2D eigenvalue weighted by Crippen LogP contribution is 2.20. The minimum Gasteiger partial charge on any atom is -0.439 e. The fourth-order valence-electron chi connectivity index (χ4n) is 2.36. The molecule has 0 spiro atoms. The summed E-state index contributed by atoms with van der Waals surface area (Å²) in [5.41, 5.74) is 8.88. The number of rotatable bonds is 2. The molecule has 0 bridgehead atoms. The monoisotopic (exact) mass is 281 g/mol. The van der Waals surface area contributed by atoms with Crippen molar-refractivity contribution in [2.24, 2.45) is 0 Å². The molecular weight excluding hydrogens is 270 g/mol. The van der Waals surface area contributed by atoms with Crippen molar-refractivity contribution in [2.75, 3.05) is 5.73 Å². The fraction of sp³-hybridized carbons (Fsp3) is 0.0667. The van der Waals surface area contributed by atoms with Crippen molar-refractivity contribution in [1.29, 1.82) is 0 Å². The fourth-order valence-corrected chi connectivity index (χ4v) is 2.36. The Bertz CT molecular complexity index is 1010. The highest BCUT2D eigenvalue weighted by atomic mass is 16.4. The molecule has 2 aromatic carbocycles. The summed E-state index contributed by atoms with van der Waals surface area (Å²) in [5.74, 6) is 0.00206. The van der Waals surface area contributed by atoms with Crippen LogP contribution >= 0.6 is 0 Å². The van der Waals surface area contributed by atoms with E-state index in [1.54, 1.807) is 24.3 Å². The summed E-state index contributed by atoms with van der Waals surface area (Å²) in [5, 5.41) is 0. The van der Waals surface area contributed by atoms with E-state index in [0.29, 0.717) is 33.8 Å². The Hall–Kier alpha value is -3.02. The van der Waals surface area contributed by atoms with Gasteiger partial charge in [0, 0.05) is 11.8 Å². The number of para-hydroxylation sites is 2. The number of nitrogens with zero attached hydrogens (tertiary/aromatic N) is 2. The average molecular weight is 281 g/mol. The van der Waals surface area contributed by atoms with E-state index in [-0.39, 0.29) is 6.54 Å². The van der Waals surface area contributed by atoms with Gasteiger partial charge in [-0.25, -0.2) is 9.78 Å². The SMILES string of the molecule is Nc1ccc2nc(Cn3c(=O)oc4ccccc43)oc2c1. The molecule has 0 saturated carbocycles. The van der Waals surface area contributed by atoms with Gasteiger partial charge in [0.05, 0.1) is 5.52 Å². The van der Waals surface area contributed by atoms with Crippen molar-refractivity contribution < 1.29 is 8.83 Å². The summed E-state index contributed by atoms with van der Waals surface area (Å²) in [6, 6.07) is 12.5. The molecule has 0 saturated heterocycles. The van der Waals surface area contributed by atoms with Gasteiger partial charge in [-0.2, -0.15) is 0 Å². The largest absolute Gasteiger partial charge is 0.439 e. The standard InChI is InChI=1S/C15H11N3O3/c16-9-5-6-10-13(7-9)20-14(17-10)8-18-11-3-1-2-4-12(11)21-15(18)19/h1-7H,8,16H2. The Labute approximate surface area is 118 Å². The lowest BCUT2D eigenvalue weighted by Gasteiger charge is -1.97. The number of fused-ring (bicyclic) bond motifs is 2. The number of benzene rings is 2.